The van der Waals surface area contributed by atoms with E-state index >= 15 is 0 Å². The Hall–Kier alpha value is -2.28. The van der Waals surface area contributed by atoms with Crippen molar-refractivity contribution in [3.8, 4) is 11.5 Å². The molecule has 20 heavy (non-hydrogen) atoms. The van der Waals surface area contributed by atoms with Crippen LogP contribution in [-0.4, -0.2) is 30.4 Å². The van der Waals surface area contributed by atoms with Crippen molar-refractivity contribution in [1.82, 2.24) is 10.1 Å². The van der Waals surface area contributed by atoms with Gasteiger partial charge in [0.1, 0.15) is 18.1 Å². The van der Waals surface area contributed by atoms with Crippen LogP contribution in [0.2, 0.25) is 0 Å². The number of fused-ring (bicyclic) bond motifs is 1. The molecule has 0 bridgehead atoms. The molecule has 7 nitrogen and oxygen atoms in total. The van der Waals surface area contributed by atoms with Gasteiger partial charge < -0.3 is 24.6 Å². The number of aromatic nitrogens is 2. The molecule has 2 N–H and O–H groups in total. The fraction of sp³-hybridized carbons (Fsp3) is 0.385. The Morgan fingerprint density at radius 1 is 1.45 bits per heavy atom. The van der Waals surface area contributed by atoms with E-state index in [1.54, 1.807) is 7.11 Å². The van der Waals surface area contributed by atoms with E-state index in [1.807, 2.05) is 18.2 Å². The molecule has 3 rings (SSSR count). The molecule has 0 saturated carbocycles. The summed E-state index contributed by atoms with van der Waals surface area (Å²) in [5.74, 6) is 2.68. The van der Waals surface area contributed by atoms with E-state index in [9.17, 15) is 0 Å². The van der Waals surface area contributed by atoms with Crippen LogP contribution in [0.4, 0.5) is 5.69 Å². The second kappa shape index (κ2) is 5.38. The predicted molar refractivity (Wildman–Crippen MR) is 71.7 cm³/mol. The molecule has 0 saturated heterocycles. The minimum atomic E-state index is 0.251. The van der Waals surface area contributed by atoms with Gasteiger partial charge in [-0.05, 0) is 12.1 Å². The fourth-order valence-electron chi connectivity index (χ4n) is 2.15. The van der Waals surface area contributed by atoms with E-state index in [4.69, 9.17) is 19.7 Å². The highest BCUT2D eigenvalue weighted by molar-refractivity contribution is 5.62. The third kappa shape index (κ3) is 2.39. The Labute approximate surface area is 116 Å². The zero-order valence-electron chi connectivity index (χ0n) is 11.2. The molecule has 0 spiro atoms. The van der Waals surface area contributed by atoms with Crippen LogP contribution in [0.15, 0.2) is 22.7 Å². The van der Waals surface area contributed by atoms with E-state index < -0.39 is 0 Å². The topological polar surface area (TPSA) is 86.6 Å². The molecule has 0 fully saturated rings. The first-order valence-electron chi connectivity index (χ1n) is 6.37. The summed E-state index contributed by atoms with van der Waals surface area (Å²) in [5, 5.41) is 3.92. The zero-order chi connectivity index (χ0) is 13.9. The summed E-state index contributed by atoms with van der Waals surface area (Å²) in [4.78, 5) is 6.35. The lowest BCUT2D eigenvalue weighted by atomic mass is 10.2. The molecule has 2 heterocycles. The SMILES string of the molecule is COc1ccc2c(c1)N(Cc1noc(CN)n1)CCO2. The molecule has 0 unspecified atom stereocenters. The van der Waals surface area contributed by atoms with Crippen LogP contribution in [0.1, 0.15) is 11.7 Å². The Bertz CT molecular complexity index is 599. The summed E-state index contributed by atoms with van der Waals surface area (Å²) in [6, 6.07) is 5.73. The van der Waals surface area contributed by atoms with E-state index in [-0.39, 0.29) is 6.54 Å². The number of benzene rings is 1. The van der Waals surface area contributed by atoms with Crippen LogP contribution < -0.4 is 20.1 Å². The van der Waals surface area contributed by atoms with Crippen molar-refractivity contribution < 1.29 is 14.0 Å². The van der Waals surface area contributed by atoms with Crippen LogP contribution in [-0.2, 0) is 13.1 Å². The fourth-order valence-corrected chi connectivity index (χ4v) is 2.15. The highest BCUT2D eigenvalue weighted by atomic mass is 16.5. The van der Waals surface area contributed by atoms with Gasteiger partial charge in [0.15, 0.2) is 5.82 Å². The highest BCUT2D eigenvalue weighted by Gasteiger charge is 2.20. The third-order valence-corrected chi connectivity index (χ3v) is 3.14. The van der Waals surface area contributed by atoms with Gasteiger partial charge in [-0.2, -0.15) is 4.98 Å². The van der Waals surface area contributed by atoms with Crippen molar-refractivity contribution in [2.75, 3.05) is 25.2 Å². The van der Waals surface area contributed by atoms with Gasteiger partial charge in [0.25, 0.3) is 0 Å². The summed E-state index contributed by atoms with van der Waals surface area (Å²) in [7, 11) is 1.64. The second-order valence-corrected chi connectivity index (χ2v) is 4.41. The number of hydrogen-bond donors (Lipinski definition) is 1. The molecule has 7 heteroatoms. The lowest BCUT2D eigenvalue weighted by molar-refractivity contribution is 0.304. The number of nitrogens with two attached hydrogens (primary N) is 1. The maximum absolute atomic E-state index is 5.64. The number of rotatable bonds is 4. The maximum Gasteiger partial charge on any atom is 0.240 e. The Kier molecular flexibility index (Phi) is 3.42. The molecule has 0 amide bonds. The van der Waals surface area contributed by atoms with Gasteiger partial charge >= 0.3 is 0 Å². The molecule has 1 aromatic heterocycles. The van der Waals surface area contributed by atoms with Crippen molar-refractivity contribution in [3.63, 3.8) is 0 Å². The summed E-state index contributed by atoms with van der Waals surface area (Å²) < 4.78 is 15.9. The lowest BCUT2D eigenvalue weighted by Gasteiger charge is -2.30. The second-order valence-electron chi connectivity index (χ2n) is 4.41. The molecule has 1 aliphatic rings. The van der Waals surface area contributed by atoms with Crippen molar-refractivity contribution >= 4 is 5.69 Å². The zero-order valence-corrected chi connectivity index (χ0v) is 11.2. The minimum Gasteiger partial charge on any atom is -0.497 e. The first kappa shape index (κ1) is 12.7. The maximum atomic E-state index is 5.64. The molecular formula is C13H16N4O3. The largest absolute Gasteiger partial charge is 0.497 e. The van der Waals surface area contributed by atoms with Gasteiger partial charge in [0, 0.05) is 6.07 Å². The number of nitrogens with zero attached hydrogens (tertiary/aromatic N) is 3. The van der Waals surface area contributed by atoms with Crippen LogP contribution in [0.3, 0.4) is 0 Å². The molecule has 0 aliphatic carbocycles. The quantitative estimate of drug-likeness (QED) is 0.889. The summed E-state index contributed by atoms with van der Waals surface area (Å²) in [6.07, 6.45) is 0. The molecule has 1 aromatic carbocycles. The average molecular weight is 276 g/mol. The Morgan fingerprint density at radius 2 is 2.35 bits per heavy atom. The van der Waals surface area contributed by atoms with Gasteiger partial charge in [-0.1, -0.05) is 5.16 Å². The summed E-state index contributed by atoms with van der Waals surface area (Å²) in [6.45, 7) is 2.18. The van der Waals surface area contributed by atoms with Crippen molar-refractivity contribution in [2.24, 2.45) is 5.73 Å². The molecule has 0 radical (unpaired) electrons. The predicted octanol–water partition coefficient (Wildman–Crippen LogP) is 0.936. The van der Waals surface area contributed by atoms with Crippen LogP contribution >= 0.6 is 0 Å². The van der Waals surface area contributed by atoms with Crippen LogP contribution in [0.5, 0.6) is 11.5 Å². The molecule has 1 aliphatic heterocycles. The van der Waals surface area contributed by atoms with Crippen molar-refractivity contribution in [3.05, 3.63) is 29.9 Å². The van der Waals surface area contributed by atoms with Crippen molar-refractivity contribution in [2.45, 2.75) is 13.1 Å². The number of ether oxygens (including phenoxy) is 2. The van der Waals surface area contributed by atoms with Gasteiger partial charge in [0.05, 0.1) is 32.4 Å². The molecule has 2 aromatic rings. The summed E-state index contributed by atoms with van der Waals surface area (Å²) in [5.41, 5.74) is 6.43. The standard InChI is InChI=1S/C13H16N4O3/c1-18-9-2-3-11-10(6-9)17(4-5-19-11)8-12-15-13(7-14)20-16-12/h2-3,6H,4-5,7-8,14H2,1H3. The Morgan fingerprint density at radius 3 is 3.10 bits per heavy atom. The number of anilines is 1. The van der Waals surface area contributed by atoms with E-state index in [1.165, 1.54) is 0 Å². The Balaban J connectivity index is 1.85. The monoisotopic (exact) mass is 276 g/mol. The lowest BCUT2D eigenvalue weighted by Crippen LogP contribution is -2.32. The van der Waals surface area contributed by atoms with Gasteiger partial charge in [-0.15, -0.1) is 0 Å². The molecule has 0 atom stereocenters. The third-order valence-electron chi connectivity index (χ3n) is 3.14. The van der Waals surface area contributed by atoms with E-state index in [0.29, 0.717) is 24.9 Å². The highest BCUT2D eigenvalue weighted by Crippen LogP contribution is 2.35. The van der Waals surface area contributed by atoms with Crippen LogP contribution in [0.25, 0.3) is 0 Å². The van der Waals surface area contributed by atoms with E-state index in [2.05, 4.69) is 15.0 Å². The van der Waals surface area contributed by atoms with E-state index in [0.717, 1.165) is 23.7 Å². The van der Waals surface area contributed by atoms with Crippen molar-refractivity contribution in [1.29, 1.82) is 0 Å². The van der Waals surface area contributed by atoms with Gasteiger partial charge in [0.2, 0.25) is 5.89 Å². The number of hydrogen-bond acceptors (Lipinski definition) is 7. The molecular weight excluding hydrogens is 260 g/mol. The van der Waals surface area contributed by atoms with Gasteiger partial charge in [-0.25, -0.2) is 0 Å². The first-order valence-corrected chi connectivity index (χ1v) is 6.37. The van der Waals surface area contributed by atoms with Gasteiger partial charge in [-0.3, -0.25) is 0 Å². The average Bonchev–Trinajstić information content (AvgIpc) is 2.95. The van der Waals surface area contributed by atoms with Crippen LogP contribution in [0, 0.1) is 0 Å². The number of methoxy groups -OCH3 is 1. The minimum absolute atomic E-state index is 0.251. The normalized spacial score (nSPS) is 13.8. The first-order chi connectivity index (χ1) is 9.80. The summed E-state index contributed by atoms with van der Waals surface area (Å²) >= 11 is 0. The molecule has 106 valence electrons. The smallest absolute Gasteiger partial charge is 0.240 e.